The van der Waals surface area contributed by atoms with Gasteiger partial charge in [-0.15, -0.1) is 5.10 Å². The maximum absolute atomic E-state index is 11.0. The molecule has 0 aliphatic heterocycles. The third-order valence-electron chi connectivity index (χ3n) is 2.61. The van der Waals surface area contributed by atoms with Gasteiger partial charge in [-0.3, -0.25) is 0 Å². The van der Waals surface area contributed by atoms with Crippen molar-refractivity contribution in [3.8, 4) is 0 Å². The third-order valence-corrected chi connectivity index (χ3v) is 2.61. The number of ether oxygens (including phenoxy) is 2. The zero-order valence-corrected chi connectivity index (χ0v) is 11.6. The van der Waals surface area contributed by atoms with E-state index in [4.69, 9.17) is 14.6 Å². The lowest BCUT2D eigenvalue weighted by Crippen LogP contribution is -2.13. The minimum absolute atomic E-state index is 0.0657. The summed E-state index contributed by atoms with van der Waals surface area (Å²) in [6.45, 7) is 6.08. The highest BCUT2D eigenvalue weighted by Crippen LogP contribution is 2.07. The normalized spacial score (nSPS) is 11.2. The van der Waals surface area contributed by atoms with E-state index in [0.29, 0.717) is 31.4 Å². The molecule has 0 aliphatic carbocycles. The lowest BCUT2D eigenvalue weighted by atomic mass is 10.1. The highest BCUT2D eigenvalue weighted by molar-refractivity contribution is 5.86. The Balaban J connectivity index is 2.51. The molecule has 0 unspecified atom stereocenters. The largest absolute Gasteiger partial charge is 0.476 e. The van der Waals surface area contributed by atoms with E-state index in [1.54, 1.807) is 0 Å². The summed E-state index contributed by atoms with van der Waals surface area (Å²) in [5.41, 5.74) is 0.395. The second-order valence-electron chi connectivity index (χ2n) is 4.64. The van der Waals surface area contributed by atoms with Crippen LogP contribution in [0.25, 0.3) is 0 Å². The number of aromatic carboxylic acids is 1. The van der Waals surface area contributed by atoms with Crippen molar-refractivity contribution >= 4 is 5.97 Å². The Kier molecular flexibility index (Phi) is 6.44. The molecule has 0 spiro atoms. The molecule has 7 nitrogen and oxygen atoms in total. The summed E-state index contributed by atoms with van der Waals surface area (Å²) in [4.78, 5) is 11.0. The van der Waals surface area contributed by atoms with E-state index in [2.05, 4.69) is 24.2 Å². The molecule has 0 bridgehead atoms. The van der Waals surface area contributed by atoms with Crippen molar-refractivity contribution in [3.63, 3.8) is 0 Å². The highest BCUT2D eigenvalue weighted by atomic mass is 16.5. The Morgan fingerprint density at radius 1 is 1.42 bits per heavy atom. The van der Waals surface area contributed by atoms with E-state index in [-0.39, 0.29) is 12.3 Å². The minimum atomic E-state index is -1.10. The van der Waals surface area contributed by atoms with Gasteiger partial charge in [0.1, 0.15) is 0 Å². The zero-order valence-electron chi connectivity index (χ0n) is 11.6. The number of carboxylic acids is 1. The van der Waals surface area contributed by atoms with Crippen LogP contribution in [0.2, 0.25) is 0 Å². The maximum Gasteiger partial charge on any atom is 0.358 e. The summed E-state index contributed by atoms with van der Waals surface area (Å²) in [6.07, 6.45) is 1.00. The maximum atomic E-state index is 11.0. The summed E-state index contributed by atoms with van der Waals surface area (Å²) < 4.78 is 12.0. The Hall–Kier alpha value is -1.47. The van der Waals surface area contributed by atoms with Crippen LogP contribution in [0.15, 0.2) is 0 Å². The second kappa shape index (κ2) is 7.85. The Labute approximate surface area is 112 Å². The van der Waals surface area contributed by atoms with Gasteiger partial charge in [0.15, 0.2) is 5.69 Å². The van der Waals surface area contributed by atoms with E-state index >= 15 is 0 Å². The lowest BCUT2D eigenvalue weighted by Gasteiger charge is -2.08. The molecule has 1 N–H and O–H groups in total. The van der Waals surface area contributed by atoms with Gasteiger partial charge in [-0.1, -0.05) is 19.1 Å². The average molecular weight is 271 g/mol. The van der Waals surface area contributed by atoms with Gasteiger partial charge < -0.3 is 14.6 Å². The standard InChI is InChI=1S/C12H21N3O4/c1-9(2)4-6-19-7-5-15-10(8-18-3)11(12(16)17)13-14-15/h9H,4-8H2,1-3H3,(H,16,17). The first-order valence-corrected chi connectivity index (χ1v) is 6.28. The lowest BCUT2D eigenvalue weighted by molar-refractivity contribution is 0.0684. The number of methoxy groups -OCH3 is 1. The van der Waals surface area contributed by atoms with Crippen LogP contribution in [0, 0.1) is 5.92 Å². The predicted molar refractivity (Wildman–Crippen MR) is 68.0 cm³/mol. The van der Waals surface area contributed by atoms with Crippen molar-refractivity contribution in [1.82, 2.24) is 15.0 Å². The van der Waals surface area contributed by atoms with Crippen molar-refractivity contribution in [2.45, 2.75) is 33.4 Å². The number of rotatable bonds is 9. The Morgan fingerprint density at radius 3 is 2.74 bits per heavy atom. The van der Waals surface area contributed by atoms with E-state index in [1.807, 2.05) is 0 Å². The van der Waals surface area contributed by atoms with E-state index in [9.17, 15) is 4.79 Å². The highest BCUT2D eigenvalue weighted by Gasteiger charge is 2.18. The SMILES string of the molecule is COCc1c(C(=O)O)nnn1CCOCCC(C)C. The van der Waals surface area contributed by atoms with Crippen LogP contribution in [-0.2, 0) is 22.6 Å². The number of carboxylic acid groups (broad SMARTS) is 1. The molecule has 1 aromatic rings. The number of hydrogen-bond acceptors (Lipinski definition) is 5. The van der Waals surface area contributed by atoms with Crippen LogP contribution in [0.4, 0.5) is 0 Å². The molecule has 19 heavy (non-hydrogen) atoms. The molecular weight excluding hydrogens is 250 g/mol. The van der Waals surface area contributed by atoms with Crippen LogP contribution in [0.3, 0.4) is 0 Å². The summed E-state index contributed by atoms with van der Waals surface area (Å²) in [6, 6.07) is 0. The number of nitrogens with zero attached hydrogens (tertiary/aromatic N) is 3. The molecule has 0 saturated heterocycles. The molecule has 0 aliphatic rings. The molecule has 0 fully saturated rings. The van der Waals surface area contributed by atoms with Crippen LogP contribution >= 0.6 is 0 Å². The smallest absolute Gasteiger partial charge is 0.358 e. The molecule has 0 aromatic carbocycles. The first kappa shape index (κ1) is 15.6. The van der Waals surface area contributed by atoms with Crippen molar-refractivity contribution < 1.29 is 19.4 Å². The molecule has 7 heteroatoms. The average Bonchev–Trinajstić information content (AvgIpc) is 2.72. The van der Waals surface area contributed by atoms with Gasteiger partial charge in [0, 0.05) is 13.7 Å². The minimum Gasteiger partial charge on any atom is -0.476 e. The molecule has 0 radical (unpaired) electrons. The monoisotopic (exact) mass is 271 g/mol. The third kappa shape index (κ3) is 4.96. The summed E-state index contributed by atoms with van der Waals surface area (Å²) in [7, 11) is 1.50. The van der Waals surface area contributed by atoms with E-state index < -0.39 is 5.97 Å². The summed E-state index contributed by atoms with van der Waals surface area (Å²) in [5.74, 6) is -0.493. The van der Waals surface area contributed by atoms with Crippen molar-refractivity contribution in [2.75, 3.05) is 20.3 Å². The predicted octanol–water partition coefficient (Wildman–Crippen LogP) is 1.19. The fourth-order valence-electron chi connectivity index (χ4n) is 1.53. The molecule has 0 atom stereocenters. The Morgan fingerprint density at radius 2 is 2.16 bits per heavy atom. The van der Waals surface area contributed by atoms with Crippen LogP contribution in [0.1, 0.15) is 36.5 Å². The molecule has 0 amide bonds. The number of carbonyl (C=O) groups is 1. The zero-order chi connectivity index (χ0) is 14.3. The molecule has 1 rings (SSSR count). The second-order valence-corrected chi connectivity index (χ2v) is 4.64. The fraction of sp³-hybridized carbons (Fsp3) is 0.750. The number of aromatic nitrogens is 3. The van der Waals surface area contributed by atoms with Crippen molar-refractivity contribution in [3.05, 3.63) is 11.4 Å². The quantitative estimate of drug-likeness (QED) is 0.679. The number of hydrogen-bond donors (Lipinski definition) is 1. The van der Waals surface area contributed by atoms with Crippen molar-refractivity contribution in [2.24, 2.45) is 5.92 Å². The van der Waals surface area contributed by atoms with Crippen LogP contribution in [-0.4, -0.2) is 46.4 Å². The molecule has 1 aromatic heterocycles. The van der Waals surface area contributed by atoms with Crippen LogP contribution in [0.5, 0.6) is 0 Å². The van der Waals surface area contributed by atoms with Crippen molar-refractivity contribution in [1.29, 1.82) is 0 Å². The first-order chi connectivity index (χ1) is 9.06. The van der Waals surface area contributed by atoms with Gasteiger partial charge in [0.2, 0.25) is 0 Å². The Bertz CT molecular complexity index is 404. The topological polar surface area (TPSA) is 86.5 Å². The van der Waals surface area contributed by atoms with Gasteiger partial charge in [-0.2, -0.15) is 0 Å². The fourth-order valence-corrected chi connectivity index (χ4v) is 1.53. The van der Waals surface area contributed by atoms with Gasteiger partial charge in [0.25, 0.3) is 0 Å². The van der Waals surface area contributed by atoms with Gasteiger partial charge in [0.05, 0.1) is 25.5 Å². The van der Waals surface area contributed by atoms with Gasteiger partial charge in [-0.05, 0) is 12.3 Å². The van der Waals surface area contributed by atoms with Gasteiger partial charge in [-0.25, -0.2) is 9.48 Å². The summed E-state index contributed by atoms with van der Waals surface area (Å²) in [5, 5.41) is 16.4. The van der Waals surface area contributed by atoms with Gasteiger partial charge >= 0.3 is 5.97 Å². The van der Waals surface area contributed by atoms with E-state index in [1.165, 1.54) is 11.8 Å². The van der Waals surface area contributed by atoms with Crippen LogP contribution < -0.4 is 0 Å². The first-order valence-electron chi connectivity index (χ1n) is 6.28. The molecule has 108 valence electrons. The molecule has 0 saturated carbocycles. The molecule has 1 heterocycles. The summed E-state index contributed by atoms with van der Waals surface area (Å²) >= 11 is 0. The van der Waals surface area contributed by atoms with E-state index in [0.717, 1.165) is 6.42 Å². The molecular formula is C12H21N3O4.